The molecule has 6 heteroatoms. The molecule has 1 aromatic heterocycles. The van der Waals surface area contributed by atoms with Gasteiger partial charge in [-0.2, -0.15) is 0 Å². The molecule has 0 saturated heterocycles. The van der Waals surface area contributed by atoms with E-state index in [0.29, 0.717) is 17.7 Å². The highest BCUT2D eigenvalue weighted by atomic mass is 79.9. The number of carbonyl (C=O) groups is 1. The highest BCUT2D eigenvalue weighted by molar-refractivity contribution is 9.10. The van der Waals surface area contributed by atoms with E-state index >= 15 is 0 Å². The van der Waals surface area contributed by atoms with Crippen LogP contribution >= 0.6 is 15.9 Å². The largest absolute Gasteiger partial charge is 0.497 e. The van der Waals surface area contributed by atoms with Crippen LogP contribution in [0.5, 0.6) is 5.75 Å². The molecule has 0 aromatic carbocycles. The van der Waals surface area contributed by atoms with Gasteiger partial charge in [-0.05, 0) is 48.7 Å². The molecule has 22 heavy (non-hydrogen) atoms. The summed E-state index contributed by atoms with van der Waals surface area (Å²) in [5.41, 5.74) is 1.31. The van der Waals surface area contributed by atoms with E-state index in [4.69, 9.17) is 9.47 Å². The standard InChI is InChI=1S/C16H21BrN2O3/c1-16(2,3)22-15(20)19-7-5-6-11(10-19)13-8-12(21-4)9-14(17)18-13/h6,8-9H,5,7,10H2,1-4H3. The third-order valence-corrected chi connectivity index (χ3v) is 3.54. The number of aromatic nitrogens is 1. The molecule has 1 aliphatic heterocycles. The molecule has 1 amide bonds. The van der Waals surface area contributed by atoms with Crippen molar-refractivity contribution in [2.45, 2.75) is 32.8 Å². The summed E-state index contributed by atoms with van der Waals surface area (Å²) in [6.07, 6.45) is 2.60. The average Bonchev–Trinajstić information content (AvgIpc) is 2.45. The van der Waals surface area contributed by atoms with Crippen LogP contribution in [-0.4, -0.2) is 41.8 Å². The number of amides is 1. The zero-order valence-corrected chi connectivity index (χ0v) is 14.9. The summed E-state index contributed by atoms with van der Waals surface area (Å²) in [7, 11) is 1.62. The van der Waals surface area contributed by atoms with E-state index in [0.717, 1.165) is 23.4 Å². The average molecular weight is 369 g/mol. The van der Waals surface area contributed by atoms with Gasteiger partial charge in [0, 0.05) is 18.7 Å². The molecule has 120 valence electrons. The molecule has 1 aliphatic rings. The minimum absolute atomic E-state index is 0.292. The predicted molar refractivity (Wildman–Crippen MR) is 88.9 cm³/mol. The number of carbonyl (C=O) groups excluding carboxylic acids is 1. The molecular weight excluding hydrogens is 348 g/mol. The van der Waals surface area contributed by atoms with Crippen LogP contribution in [-0.2, 0) is 4.74 Å². The fourth-order valence-corrected chi connectivity index (χ4v) is 2.58. The number of pyridine rings is 1. The van der Waals surface area contributed by atoms with E-state index < -0.39 is 5.60 Å². The lowest BCUT2D eigenvalue weighted by molar-refractivity contribution is 0.0273. The Bertz CT molecular complexity index is 594. The summed E-state index contributed by atoms with van der Waals surface area (Å²) in [6.45, 7) is 6.75. The van der Waals surface area contributed by atoms with Crippen molar-refractivity contribution in [2.24, 2.45) is 0 Å². The van der Waals surface area contributed by atoms with Crippen molar-refractivity contribution in [3.05, 3.63) is 28.5 Å². The quantitative estimate of drug-likeness (QED) is 0.743. The van der Waals surface area contributed by atoms with Gasteiger partial charge in [0.15, 0.2) is 0 Å². The molecule has 1 aromatic rings. The van der Waals surface area contributed by atoms with Crippen molar-refractivity contribution in [2.75, 3.05) is 20.2 Å². The van der Waals surface area contributed by atoms with Crippen molar-refractivity contribution < 1.29 is 14.3 Å². The molecule has 0 atom stereocenters. The second-order valence-corrected chi connectivity index (χ2v) is 6.95. The molecule has 2 heterocycles. The maximum Gasteiger partial charge on any atom is 0.410 e. The molecular formula is C16H21BrN2O3. The predicted octanol–water partition coefficient (Wildman–Crippen LogP) is 3.88. The van der Waals surface area contributed by atoms with Gasteiger partial charge in [-0.15, -0.1) is 0 Å². The molecule has 0 unspecified atom stereocenters. The second-order valence-electron chi connectivity index (χ2n) is 6.13. The van der Waals surface area contributed by atoms with Crippen LogP contribution in [0.4, 0.5) is 4.79 Å². The lowest BCUT2D eigenvalue weighted by Gasteiger charge is -2.30. The van der Waals surface area contributed by atoms with Gasteiger partial charge in [0.2, 0.25) is 0 Å². The monoisotopic (exact) mass is 368 g/mol. The Hall–Kier alpha value is -1.56. The van der Waals surface area contributed by atoms with Gasteiger partial charge in [0.1, 0.15) is 16.0 Å². The highest BCUT2D eigenvalue weighted by Gasteiger charge is 2.25. The van der Waals surface area contributed by atoms with Gasteiger partial charge >= 0.3 is 6.09 Å². The number of nitrogens with zero attached hydrogens (tertiary/aromatic N) is 2. The molecule has 2 rings (SSSR count). The topological polar surface area (TPSA) is 51.7 Å². The SMILES string of the molecule is COc1cc(Br)nc(C2=CCCN(C(=O)OC(C)(C)C)C2)c1. The maximum absolute atomic E-state index is 12.2. The third kappa shape index (κ3) is 4.47. The molecule has 5 nitrogen and oxygen atoms in total. The zero-order valence-electron chi connectivity index (χ0n) is 13.4. The first kappa shape index (κ1) is 16.8. The number of hydrogen-bond donors (Lipinski definition) is 0. The van der Waals surface area contributed by atoms with Crippen molar-refractivity contribution in [1.82, 2.24) is 9.88 Å². The molecule has 0 bridgehead atoms. The fourth-order valence-electron chi connectivity index (χ4n) is 2.17. The smallest absolute Gasteiger partial charge is 0.410 e. The molecule has 0 fully saturated rings. The van der Waals surface area contributed by atoms with Crippen molar-refractivity contribution in [3.63, 3.8) is 0 Å². The Labute approximate surface area is 139 Å². The Kier molecular flexibility index (Phi) is 5.11. The second kappa shape index (κ2) is 6.69. The van der Waals surface area contributed by atoms with Gasteiger partial charge in [-0.25, -0.2) is 9.78 Å². The summed E-state index contributed by atoms with van der Waals surface area (Å²) >= 11 is 3.38. The number of methoxy groups -OCH3 is 1. The Balaban J connectivity index is 2.15. The van der Waals surface area contributed by atoms with Crippen molar-refractivity contribution >= 4 is 27.6 Å². The lowest BCUT2D eigenvalue weighted by atomic mass is 10.1. The fraction of sp³-hybridized carbons (Fsp3) is 0.500. The number of ether oxygens (including phenoxy) is 2. The van der Waals surface area contributed by atoms with Crippen LogP contribution in [0.1, 0.15) is 32.9 Å². The summed E-state index contributed by atoms with van der Waals surface area (Å²) in [5.74, 6) is 0.729. The molecule has 0 spiro atoms. The first-order chi connectivity index (χ1) is 10.3. The minimum Gasteiger partial charge on any atom is -0.497 e. The Morgan fingerprint density at radius 3 is 2.73 bits per heavy atom. The Morgan fingerprint density at radius 2 is 2.09 bits per heavy atom. The first-order valence-electron chi connectivity index (χ1n) is 7.17. The number of halogens is 1. The summed E-state index contributed by atoms with van der Waals surface area (Å²) in [5, 5.41) is 0. The van der Waals surface area contributed by atoms with E-state index in [2.05, 4.69) is 27.0 Å². The van der Waals surface area contributed by atoms with Crippen LogP contribution in [0, 0.1) is 0 Å². The van der Waals surface area contributed by atoms with Crippen molar-refractivity contribution in [3.8, 4) is 5.75 Å². The van der Waals surface area contributed by atoms with E-state index in [1.807, 2.05) is 26.8 Å². The van der Waals surface area contributed by atoms with E-state index in [1.165, 1.54) is 0 Å². The lowest BCUT2D eigenvalue weighted by Crippen LogP contribution is -2.39. The summed E-state index contributed by atoms with van der Waals surface area (Å²) < 4.78 is 11.4. The van der Waals surface area contributed by atoms with Crippen LogP contribution in [0.25, 0.3) is 5.57 Å². The minimum atomic E-state index is -0.490. The normalized spacial score (nSPS) is 15.3. The molecule has 0 aliphatic carbocycles. The van der Waals surface area contributed by atoms with Gasteiger partial charge in [0.25, 0.3) is 0 Å². The van der Waals surface area contributed by atoms with Crippen LogP contribution in [0.2, 0.25) is 0 Å². The van der Waals surface area contributed by atoms with Crippen LogP contribution in [0.15, 0.2) is 22.8 Å². The highest BCUT2D eigenvalue weighted by Crippen LogP contribution is 2.26. The third-order valence-electron chi connectivity index (χ3n) is 3.13. The van der Waals surface area contributed by atoms with Crippen LogP contribution < -0.4 is 4.74 Å². The summed E-state index contributed by atoms with van der Waals surface area (Å²) in [6, 6.07) is 3.67. The number of rotatable bonds is 2. The summed E-state index contributed by atoms with van der Waals surface area (Å²) in [4.78, 5) is 18.4. The van der Waals surface area contributed by atoms with Gasteiger partial charge in [0.05, 0.1) is 19.3 Å². The molecule has 0 N–H and O–H groups in total. The van der Waals surface area contributed by atoms with E-state index in [-0.39, 0.29) is 6.09 Å². The van der Waals surface area contributed by atoms with Gasteiger partial charge in [-0.3, -0.25) is 0 Å². The first-order valence-corrected chi connectivity index (χ1v) is 7.97. The van der Waals surface area contributed by atoms with E-state index in [1.54, 1.807) is 18.1 Å². The van der Waals surface area contributed by atoms with Crippen LogP contribution in [0.3, 0.4) is 0 Å². The van der Waals surface area contributed by atoms with E-state index in [9.17, 15) is 4.79 Å². The maximum atomic E-state index is 12.2. The Morgan fingerprint density at radius 1 is 1.36 bits per heavy atom. The number of hydrogen-bond acceptors (Lipinski definition) is 4. The van der Waals surface area contributed by atoms with Crippen molar-refractivity contribution in [1.29, 1.82) is 0 Å². The van der Waals surface area contributed by atoms with Gasteiger partial charge < -0.3 is 14.4 Å². The molecule has 0 radical (unpaired) electrons. The zero-order chi connectivity index (χ0) is 16.3. The molecule has 0 saturated carbocycles. The van der Waals surface area contributed by atoms with Gasteiger partial charge in [-0.1, -0.05) is 6.08 Å².